The predicted molar refractivity (Wildman–Crippen MR) is 65.2 cm³/mol. The lowest BCUT2D eigenvalue weighted by molar-refractivity contribution is -0.137. The first kappa shape index (κ1) is 13.0. The summed E-state index contributed by atoms with van der Waals surface area (Å²) in [4.78, 5) is 4.23. The molecule has 6 heteroatoms. The summed E-state index contributed by atoms with van der Waals surface area (Å²) >= 11 is 1.35. The Morgan fingerprint density at radius 1 is 1.33 bits per heavy atom. The summed E-state index contributed by atoms with van der Waals surface area (Å²) in [6.45, 7) is 1.79. The summed E-state index contributed by atoms with van der Waals surface area (Å²) in [5, 5.41) is 2.43. The molecule has 1 aromatic heterocycles. The maximum Gasteiger partial charge on any atom is 0.416 e. The van der Waals surface area contributed by atoms with Crippen molar-refractivity contribution in [2.45, 2.75) is 19.1 Å². The van der Waals surface area contributed by atoms with Gasteiger partial charge in [-0.25, -0.2) is 4.98 Å². The van der Waals surface area contributed by atoms with Crippen LogP contribution in [0.1, 0.15) is 23.5 Å². The molecule has 1 aromatic carbocycles. The quantitative estimate of drug-likeness (QED) is 0.901. The van der Waals surface area contributed by atoms with Gasteiger partial charge in [0, 0.05) is 10.9 Å². The van der Waals surface area contributed by atoms with Crippen LogP contribution in [0.25, 0.3) is 11.3 Å². The third-order valence-corrected chi connectivity index (χ3v) is 3.44. The van der Waals surface area contributed by atoms with Gasteiger partial charge in [0.25, 0.3) is 0 Å². The van der Waals surface area contributed by atoms with Crippen molar-refractivity contribution in [3.63, 3.8) is 0 Å². The van der Waals surface area contributed by atoms with Crippen LogP contribution in [0, 0.1) is 0 Å². The topological polar surface area (TPSA) is 38.9 Å². The number of thiazole rings is 1. The molecule has 0 saturated carbocycles. The highest BCUT2D eigenvalue weighted by Crippen LogP contribution is 2.32. The zero-order valence-electron chi connectivity index (χ0n) is 9.53. The normalized spacial score (nSPS) is 13.6. The molecular weight excluding hydrogens is 261 g/mol. The fraction of sp³-hybridized carbons (Fsp3) is 0.250. The first-order valence-electron chi connectivity index (χ1n) is 5.26. The molecule has 2 nitrogen and oxygen atoms in total. The van der Waals surface area contributed by atoms with Crippen molar-refractivity contribution in [3.8, 4) is 11.3 Å². The number of nitrogens with zero attached hydrogens (tertiary/aromatic N) is 1. The van der Waals surface area contributed by atoms with Crippen molar-refractivity contribution in [2.75, 3.05) is 0 Å². The van der Waals surface area contributed by atoms with E-state index in [4.69, 9.17) is 5.73 Å². The molecule has 0 aliphatic rings. The fourth-order valence-electron chi connectivity index (χ4n) is 1.48. The molecule has 0 amide bonds. The number of hydrogen-bond donors (Lipinski definition) is 1. The van der Waals surface area contributed by atoms with Crippen LogP contribution in [-0.2, 0) is 6.18 Å². The smallest absolute Gasteiger partial charge is 0.322 e. The molecule has 0 aliphatic heterocycles. The fourth-order valence-corrected chi connectivity index (χ4v) is 2.27. The average molecular weight is 272 g/mol. The number of rotatable bonds is 2. The molecule has 0 saturated heterocycles. The SMILES string of the molecule is CC(N)c1nc(-c2cccc(C(F)(F)F)c2)cs1. The van der Waals surface area contributed by atoms with Crippen LogP contribution in [0.3, 0.4) is 0 Å². The van der Waals surface area contributed by atoms with Gasteiger partial charge >= 0.3 is 6.18 Å². The van der Waals surface area contributed by atoms with Crippen molar-refractivity contribution in [1.29, 1.82) is 0 Å². The zero-order chi connectivity index (χ0) is 13.3. The second-order valence-electron chi connectivity index (χ2n) is 3.94. The van der Waals surface area contributed by atoms with Crippen LogP contribution in [0.4, 0.5) is 13.2 Å². The Hall–Kier alpha value is -1.40. The van der Waals surface area contributed by atoms with E-state index in [0.717, 1.165) is 12.1 Å². The van der Waals surface area contributed by atoms with Gasteiger partial charge in [0.1, 0.15) is 5.01 Å². The summed E-state index contributed by atoms with van der Waals surface area (Å²) in [5.41, 5.74) is 5.98. The second kappa shape index (κ2) is 4.70. The minimum atomic E-state index is -4.34. The van der Waals surface area contributed by atoms with Gasteiger partial charge in [0.2, 0.25) is 0 Å². The highest BCUT2D eigenvalue weighted by atomic mass is 32.1. The van der Waals surface area contributed by atoms with Gasteiger partial charge < -0.3 is 5.73 Å². The van der Waals surface area contributed by atoms with E-state index in [1.54, 1.807) is 18.4 Å². The average Bonchev–Trinajstić information content (AvgIpc) is 2.77. The van der Waals surface area contributed by atoms with E-state index >= 15 is 0 Å². The Kier molecular flexibility index (Phi) is 3.41. The summed E-state index contributed by atoms with van der Waals surface area (Å²) in [6.07, 6.45) is -4.34. The van der Waals surface area contributed by atoms with E-state index in [-0.39, 0.29) is 6.04 Å². The molecule has 0 fully saturated rings. The Morgan fingerprint density at radius 2 is 2.06 bits per heavy atom. The van der Waals surface area contributed by atoms with Crippen LogP contribution in [0.5, 0.6) is 0 Å². The van der Waals surface area contributed by atoms with Crippen molar-refractivity contribution in [2.24, 2.45) is 5.73 Å². The van der Waals surface area contributed by atoms with E-state index in [0.29, 0.717) is 16.3 Å². The summed E-state index contributed by atoms with van der Waals surface area (Å²) in [5.74, 6) is 0. The van der Waals surface area contributed by atoms with Gasteiger partial charge in [0.15, 0.2) is 0 Å². The Balaban J connectivity index is 2.38. The van der Waals surface area contributed by atoms with Crippen LogP contribution >= 0.6 is 11.3 Å². The molecule has 1 atom stereocenters. The monoisotopic (exact) mass is 272 g/mol. The van der Waals surface area contributed by atoms with Crippen LogP contribution in [0.15, 0.2) is 29.6 Å². The summed E-state index contributed by atoms with van der Waals surface area (Å²) in [7, 11) is 0. The molecule has 1 unspecified atom stereocenters. The molecule has 18 heavy (non-hydrogen) atoms. The molecule has 0 aliphatic carbocycles. The summed E-state index contributed by atoms with van der Waals surface area (Å²) in [6, 6.07) is 4.91. The third kappa shape index (κ3) is 2.70. The van der Waals surface area contributed by atoms with Crippen molar-refractivity contribution < 1.29 is 13.2 Å². The minimum absolute atomic E-state index is 0.213. The molecular formula is C12H11F3N2S. The van der Waals surface area contributed by atoms with Gasteiger partial charge in [0.05, 0.1) is 17.3 Å². The lowest BCUT2D eigenvalue weighted by Crippen LogP contribution is -2.05. The summed E-state index contributed by atoms with van der Waals surface area (Å²) < 4.78 is 37.7. The third-order valence-electron chi connectivity index (χ3n) is 2.40. The number of halogens is 3. The molecule has 2 rings (SSSR count). The van der Waals surface area contributed by atoms with E-state index in [1.165, 1.54) is 17.4 Å². The first-order valence-corrected chi connectivity index (χ1v) is 6.14. The van der Waals surface area contributed by atoms with E-state index in [9.17, 15) is 13.2 Å². The highest BCUT2D eigenvalue weighted by Gasteiger charge is 2.30. The standard InChI is InChI=1S/C12H11F3N2S/c1-7(16)11-17-10(6-18-11)8-3-2-4-9(5-8)12(13,14)15/h2-7H,16H2,1H3. The molecule has 1 heterocycles. The lowest BCUT2D eigenvalue weighted by Gasteiger charge is -2.07. The van der Waals surface area contributed by atoms with E-state index in [2.05, 4.69) is 4.98 Å². The molecule has 0 spiro atoms. The largest absolute Gasteiger partial charge is 0.416 e. The van der Waals surface area contributed by atoms with Crippen molar-refractivity contribution in [1.82, 2.24) is 4.98 Å². The molecule has 2 N–H and O–H groups in total. The number of nitrogens with two attached hydrogens (primary N) is 1. The maximum absolute atomic E-state index is 12.6. The van der Waals surface area contributed by atoms with Crippen molar-refractivity contribution >= 4 is 11.3 Å². The Labute approximate surface area is 106 Å². The van der Waals surface area contributed by atoms with Crippen LogP contribution in [-0.4, -0.2) is 4.98 Å². The van der Waals surface area contributed by atoms with Gasteiger partial charge in [-0.1, -0.05) is 12.1 Å². The number of benzene rings is 1. The second-order valence-corrected chi connectivity index (χ2v) is 4.83. The lowest BCUT2D eigenvalue weighted by atomic mass is 10.1. The van der Waals surface area contributed by atoms with Gasteiger partial charge in [-0.3, -0.25) is 0 Å². The van der Waals surface area contributed by atoms with Crippen LogP contribution in [0.2, 0.25) is 0 Å². The van der Waals surface area contributed by atoms with Gasteiger partial charge in [-0.15, -0.1) is 11.3 Å². The van der Waals surface area contributed by atoms with Gasteiger partial charge in [-0.05, 0) is 19.1 Å². The van der Waals surface area contributed by atoms with Crippen LogP contribution < -0.4 is 5.73 Å². The van der Waals surface area contributed by atoms with Gasteiger partial charge in [-0.2, -0.15) is 13.2 Å². The number of alkyl halides is 3. The molecule has 96 valence electrons. The first-order chi connectivity index (χ1) is 8.38. The predicted octanol–water partition coefficient (Wildman–Crippen LogP) is 3.85. The maximum atomic E-state index is 12.6. The molecule has 0 radical (unpaired) electrons. The Morgan fingerprint density at radius 3 is 2.61 bits per heavy atom. The van der Waals surface area contributed by atoms with Crippen molar-refractivity contribution in [3.05, 3.63) is 40.2 Å². The Bertz CT molecular complexity index is 546. The zero-order valence-corrected chi connectivity index (χ0v) is 10.3. The number of aromatic nitrogens is 1. The number of hydrogen-bond acceptors (Lipinski definition) is 3. The molecule has 2 aromatic rings. The minimum Gasteiger partial charge on any atom is -0.322 e. The van der Waals surface area contributed by atoms with E-state index in [1.807, 2.05) is 0 Å². The van der Waals surface area contributed by atoms with E-state index < -0.39 is 11.7 Å². The molecule has 0 bridgehead atoms. The highest BCUT2D eigenvalue weighted by molar-refractivity contribution is 7.10.